The topological polar surface area (TPSA) is 97.3 Å². The lowest BCUT2D eigenvalue weighted by atomic mass is 10.2. The van der Waals surface area contributed by atoms with E-state index in [9.17, 15) is 9.18 Å². The number of carbonyl (C=O) groups is 1. The first-order valence-corrected chi connectivity index (χ1v) is 10.9. The van der Waals surface area contributed by atoms with Crippen LogP contribution in [-0.4, -0.2) is 20.3 Å². The van der Waals surface area contributed by atoms with Gasteiger partial charge >= 0.3 is 0 Å². The molecule has 0 saturated carbocycles. The van der Waals surface area contributed by atoms with Crippen LogP contribution in [0.4, 0.5) is 26.6 Å². The molecule has 0 atom stereocenters. The summed E-state index contributed by atoms with van der Waals surface area (Å²) >= 11 is 0.915. The summed E-state index contributed by atoms with van der Waals surface area (Å²) in [4.78, 5) is 21.4. The van der Waals surface area contributed by atoms with Crippen LogP contribution >= 0.6 is 11.3 Å². The maximum Gasteiger partial charge on any atom is 0.255 e. The van der Waals surface area contributed by atoms with E-state index in [2.05, 4.69) is 20.6 Å². The number of nitrogen functional groups attached to an aromatic ring is 1. The molecule has 7 nitrogen and oxygen atoms in total. The highest BCUT2D eigenvalue weighted by atomic mass is 32.1. The van der Waals surface area contributed by atoms with Crippen molar-refractivity contribution >= 4 is 45.1 Å². The lowest BCUT2D eigenvalue weighted by Crippen LogP contribution is -2.13. The fourth-order valence-corrected chi connectivity index (χ4v) is 4.25. The normalized spacial score (nSPS) is 11.0. The molecule has 33 heavy (non-hydrogen) atoms. The van der Waals surface area contributed by atoms with Gasteiger partial charge in [-0.15, -0.1) is 0 Å². The molecular weight excluding hydrogens is 439 g/mol. The summed E-state index contributed by atoms with van der Waals surface area (Å²) in [5, 5.41) is 5.90. The van der Waals surface area contributed by atoms with Gasteiger partial charge in [-0.1, -0.05) is 29.5 Å². The number of benzene rings is 2. The third kappa shape index (κ3) is 4.01. The number of anilines is 4. The van der Waals surface area contributed by atoms with E-state index >= 15 is 0 Å². The van der Waals surface area contributed by atoms with Gasteiger partial charge in [-0.05, 0) is 55.5 Å². The fraction of sp³-hybridized carbons (Fsp3) is 0.0417. The van der Waals surface area contributed by atoms with Gasteiger partial charge in [0, 0.05) is 17.4 Å². The molecule has 5 aromatic rings. The summed E-state index contributed by atoms with van der Waals surface area (Å²) in [5.74, 6) is -0.273. The largest absolute Gasteiger partial charge is 0.397 e. The Hall–Kier alpha value is -4.24. The lowest BCUT2D eigenvalue weighted by molar-refractivity contribution is 0.102. The molecule has 4 N–H and O–H groups in total. The Kier molecular flexibility index (Phi) is 5.23. The Morgan fingerprint density at radius 1 is 1.03 bits per heavy atom. The zero-order chi connectivity index (χ0) is 22.9. The van der Waals surface area contributed by atoms with E-state index in [1.165, 1.54) is 0 Å². The van der Waals surface area contributed by atoms with Crippen LogP contribution in [0.1, 0.15) is 16.1 Å². The molecule has 0 bridgehead atoms. The van der Waals surface area contributed by atoms with E-state index in [0.29, 0.717) is 39.1 Å². The predicted octanol–water partition coefficient (Wildman–Crippen LogP) is 5.48. The number of pyridine rings is 1. The number of amides is 1. The van der Waals surface area contributed by atoms with Crippen LogP contribution in [0, 0.1) is 12.1 Å². The molecule has 0 unspecified atom stereocenters. The number of fused-ring (bicyclic) bond motifs is 1. The van der Waals surface area contributed by atoms with Gasteiger partial charge in [-0.3, -0.25) is 9.20 Å². The molecule has 0 aliphatic carbocycles. The fourth-order valence-electron chi connectivity index (χ4n) is 3.53. The molecule has 0 aliphatic heterocycles. The van der Waals surface area contributed by atoms with E-state index in [-0.39, 0.29) is 11.6 Å². The summed E-state index contributed by atoms with van der Waals surface area (Å²) in [5.41, 5.74) is 10.4. The molecule has 164 valence electrons. The number of carbonyl (C=O) groups excluding carboxylic acids is 1. The van der Waals surface area contributed by atoms with Crippen molar-refractivity contribution in [2.24, 2.45) is 0 Å². The molecule has 5 rings (SSSR count). The second kappa shape index (κ2) is 8.36. The lowest BCUT2D eigenvalue weighted by Gasteiger charge is -2.08. The van der Waals surface area contributed by atoms with Crippen molar-refractivity contribution < 1.29 is 9.18 Å². The molecule has 2 aromatic carbocycles. The molecule has 0 spiro atoms. The second-order valence-electron chi connectivity index (χ2n) is 7.36. The van der Waals surface area contributed by atoms with Gasteiger partial charge in [-0.2, -0.15) is 4.39 Å². The maximum absolute atomic E-state index is 14.8. The SMILES string of the molecule is Cc1nc2ccccn2c1-c1nc(Nc2ccc(C(=O)Nc3ccccc3N)cc2)sc1F. The number of aryl methyl sites for hydroxylation is 1. The average molecular weight is 459 g/mol. The Morgan fingerprint density at radius 2 is 1.79 bits per heavy atom. The zero-order valence-electron chi connectivity index (χ0n) is 17.5. The molecule has 0 fully saturated rings. The summed E-state index contributed by atoms with van der Waals surface area (Å²) in [6, 6.07) is 19.5. The van der Waals surface area contributed by atoms with Crippen LogP contribution in [-0.2, 0) is 0 Å². The van der Waals surface area contributed by atoms with E-state index < -0.39 is 5.13 Å². The number of hydrogen-bond acceptors (Lipinski definition) is 6. The number of nitrogens with two attached hydrogens (primary N) is 1. The van der Waals surface area contributed by atoms with Crippen molar-refractivity contribution in [2.45, 2.75) is 6.92 Å². The van der Waals surface area contributed by atoms with Gasteiger partial charge < -0.3 is 16.4 Å². The standard InChI is InChI=1S/C24H19FN6OS/c1-14-21(31-13-5-4-8-19(31)27-14)20-22(25)33-24(30-20)28-16-11-9-15(10-12-16)23(32)29-18-7-3-2-6-17(18)26/h2-13H,26H2,1H3,(H,28,30)(H,29,32). The summed E-state index contributed by atoms with van der Waals surface area (Å²) in [6.07, 6.45) is 1.84. The van der Waals surface area contributed by atoms with Gasteiger partial charge in [-0.25, -0.2) is 9.97 Å². The Morgan fingerprint density at radius 3 is 2.58 bits per heavy atom. The third-order valence-corrected chi connectivity index (χ3v) is 5.88. The number of aromatic nitrogens is 3. The maximum atomic E-state index is 14.8. The smallest absolute Gasteiger partial charge is 0.255 e. The van der Waals surface area contributed by atoms with Crippen molar-refractivity contribution in [1.29, 1.82) is 0 Å². The summed E-state index contributed by atoms with van der Waals surface area (Å²) in [7, 11) is 0. The number of imidazole rings is 1. The Bertz CT molecular complexity index is 1470. The minimum absolute atomic E-state index is 0.246. The van der Waals surface area contributed by atoms with Crippen molar-refractivity contribution in [1.82, 2.24) is 14.4 Å². The quantitative estimate of drug-likeness (QED) is 0.303. The number of nitrogens with one attached hydrogen (secondary N) is 2. The number of para-hydroxylation sites is 2. The number of rotatable bonds is 5. The minimum atomic E-state index is -0.400. The van der Waals surface area contributed by atoms with Crippen LogP contribution in [0.2, 0.25) is 0 Å². The highest BCUT2D eigenvalue weighted by Crippen LogP contribution is 2.33. The number of nitrogens with zero attached hydrogens (tertiary/aromatic N) is 3. The monoisotopic (exact) mass is 458 g/mol. The van der Waals surface area contributed by atoms with Crippen LogP contribution in [0.15, 0.2) is 72.9 Å². The second-order valence-corrected chi connectivity index (χ2v) is 8.31. The van der Waals surface area contributed by atoms with Crippen molar-refractivity contribution in [3.8, 4) is 11.4 Å². The third-order valence-electron chi connectivity index (χ3n) is 5.12. The van der Waals surface area contributed by atoms with E-state index in [1.807, 2.05) is 35.7 Å². The predicted molar refractivity (Wildman–Crippen MR) is 130 cm³/mol. The van der Waals surface area contributed by atoms with Crippen LogP contribution < -0.4 is 16.4 Å². The highest BCUT2D eigenvalue weighted by molar-refractivity contribution is 7.14. The van der Waals surface area contributed by atoms with E-state index in [4.69, 9.17) is 5.73 Å². The van der Waals surface area contributed by atoms with Gasteiger partial charge in [0.1, 0.15) is 11.3 Å². The summed E-state index contributed by atoms with van der Waals surface area (Å²) in [6.45, 7) is 1.83. The molecular formula is C24H19FN6OS. The molecule has 9 heteroatoms. The molecule has 0 radical (unpaired) electrons. The van der Waals surface area contributed by atoms with Crippen molar-refractivity contribution in [2.75, 3.05) is 16.4 Å². The average Bonchev–Trinajstić information content (AvgIpc) is 3.33. The first kappa shape index (κ1) is 20.7. The zero-order valence-corrected chi connectivity index (χ0v) is 18.4. The van der Waals surface area contributed by atoms with Gasteiger partial charge in [0.2, 0.25) is 5.13 Å². The number of hydrogen-bond donors (Lipinski definition) is 3. The van der Waals surface area contributed by atoms with E-state index in [0.717, 1.165) is 17.0 Å². The van der Waals surface area contributed by atoms with Gasteiger partial charge in [0.05, 0.1) is 22.8 Å². The van der Waals surface area contributed by atoms with Crippen molar-refractivity contribution in [3.63, 3.8) is 0 Å². The number of halogens is 1. The molecule has 3 aromatic heterocycles. The Balaban J connectivity index is 1.35. The number of thiazole rings is 1. The molecule has 0 saturated heterocycles. The van der Waals surface area contributed by atoms with Gasteiger partial charge in [0.15, 0.2) is 5.13 Å². The molecule has 0 aliphatic rings. The van der Waals surface area contributed by atoms with Gasteiger partial charge in [0.25, 0.3) is 5.91 Å². The first-order valence-electron chi connectivity index (χ1n) is 10.1. The van der Waals surface area contributed by atoms with Crippen LogP contribution in [0.25, 0.3) is 17.0 Å². The highest BCUT2D eigenvalue weighted by Gasteiger charge is 2.20. The van der Waals surface area contributed by atoms with Crippen molar-refractivity contribution in [3.05, 3.63) is 89.3 Å². The van der Waals surface area contributed by atoms with Crippen LogP contribution in [0.3, 0.4) is 0 Å². The van der Waals surface area contributed by atoms with E-state index in [1.54, 1.807) is 48.5 Å². The summed E-state index contributed by atoms with van der Waals surface area (Å²) < 4.78 is 16.6. The Labute approximate surface area is 192 Å². The molecule has 1 amide bonds. The first-order chi connectivity index (χ1) is 16.0. The minimum Gasteiger partial charge on any atom is -0.397 e. The van der Waals surface area contributed by atoms with Crippen LogP contribution in [0.5, 0.6) is 0 Å². The molecule has 3 heterocycles.